The van der Waals surface area contributed by atoms with E-state index in [1.807, 2.05) is 19.9 Å². The topological polar surface area (TPSA) is 40.5 Å². The van der Waals surface area contributed by atoms with Gasteiger partial charge in [-0.3, -0.25) is 0 Å². The van der Waals surface area contributed by atoms with Crippen molar-refractivity contribution in [3.8, 4) is 11.5 Å². The van der Waals surface area contributed by atoms with Gasteiger partial charge in [-0.15, -0.1) is 10.7 Å². The molecule has 0 heterocycles. The van der Waals surface area contributed by atoms with Crippen LogP contribution in [0.25, 0.3) is 0 Å². The van der Waals surface area contributed by atoms with E-state index in [1.54, 1.807) is 12.1 Å². The second-order valence-corrected chi connectivity index (χ2v) is 7.28. The molecular weight excluding hydrogens is 314 g/mol. The minimum absolute atomic E-state index is 0.0259. The average molecular weight is 335 g/mol. The fourth-order valence-electron chi connectivity index (χ4n) is 3.92. The molecule has 1 aromatic carbocycles. The van der Waals surface area contributed by atoms with Crippen LogP contribution in [0.1, 0.15) is 50.2 Å². The van der Waals surface area contributed by atoms with Crippen molar-refractivity contribution in [1.29, 1.82) is 0 Å². The fraction of sp³-hybridized carbons (Fsp3) is 0.474. The Kier molecular flexibility index (Phi) is 6.53. The Balaban J connectivity index is 2.60. The number of rotatable bonds is 5. The van der Waals surface area contributed by atoms with Gasteiger partial charge in [-0.2, -0.15) is 5.37 Å². The minimum Gasteiger partial charge on any atom is -0.507 e. The Morgan fingerprint density at radius 1 is 1.15 bits per heavy atom. The van der Waals surface area contributed by atoms with Crippen LogP contribution in [0.4, 0.5) is 0 Å². The number of benzene rings is 1. The standard InChI is InChI=1S/C19H21B5O2/c1-3-4-11-8-14(25)16(15(26)9-11)13-7-10(2)5-6-12(13)17(18(20)21)19(22,23)24/h7-9,12-13,25-26H,3-6H2,1-2H3. The molecule has 1 aromatic rings. The zero-order valence-corrected chi connectivity index (χ0v) is 15.5. The van der Waals surface area contributed by atoms with Crippen LogP contribution in [-0.2, 0) is 6.42 Å². The highest BCUT2D eigenvalue weighted by Gasteiger charge is 2.35. The van der Waals surface area contributed by atoms with Crippen LogP contribution in [0, 0.1) is 5.92 Å². The number of allylic oxidation sites excluding steroid dienone is 3. The molecule has 2 unspecified atom stereocenters. The van der Waals surface area contributed by atoms with Gasteiger partial charge in [-0.05, 0) is 49.8 Å². The van der Waals surface area contributed by atoms with Crippen LogP contribution < -0.4 is 0 Å². The predicted octanol–water partition coefficient (Wildman–Crippen LogP) is 2.62. The Labute approximate surface area is 163 Å². The van der Waals surface area contributed by atoms with Gasteiger partial charge in [-0.1, -0.05) is 25.0 Å². The maximum atomic E-state index is 10.6. The first-order valence-corrected chi connectivity index (χ1v) is 8.90. The molecule has 1 aliphatic rings. The van der Waals surface area contributed by atoms with Gasteiger partial charge < -0.3 is 10.2 Å². The van der Waals surface area contributed by atoms with Crippen LogP contribution >= 0.6 is 0 Å². The summed E-state index contributed by atoms with van der Waals surface area (Å²) in [6.45, 7) is 4.04. The molecule has 0 saturated heterocycles. The first-order chi connectivity index (χ1) is 12.1. The van der Waals surface area contributed by atoms with Crippen molar-refractivity contribution in [3.63, 3.8) is 0 Å². The third-order valence-corrected chi connectivity index (χ3v) is 4.96. The van der Waals surface area contributed by atoms with Crippen molar-refractivity contribution in [1.82, 2.24) is 0 Å². The first-order valence-electron chi connectivity index (χ1n) is 8.90. The highest BCUT2D eigenvalue weighted by molar-refractivity contribution is 6.62. The van der Waals surface area contributed by atoms with Gasteiger partial charge in [0.15, 0.2) is 0 Å². The highest BCUT2D eigenvalue weighted by Crippen LogP contribution is 2.50. The van der Waals surface area contributed by atoms with Crippen molar-refractivity contribution in [3.05, 3.63) is 45.9 Å². The van der Waals surface area contributed by atoms with E-state index in [0.717, 1.165) is 30.4 Å². The number of hydrogen-bond donors (Lipinski definition) is 2. The molecule has 0 bridgehead atoms. The van der Waals surface area contributed by atoms with Gasteiger partial charge in [0.05, 0.1) is 39.2 Å². The lowest BCUT2D eigenvalue weighted by atomic mass is 9.35. The summed E-state index contributed by atoms with van der Waals surface area (Å²) in [6.07, 6.45) is 5.11. The van der Waals surface area contributed by atoms with Gasteiger partial charge in [0.2, 0.25) is 0 Å². The summed E-state index contributed by atoms with van der Waals surface area (Å²) >= 11 is 0. The maximum absolute atomic E-state index is 10.6. The number of aryl methyl sites for hydroxylation is 1. The van der Waals surface area contributed by atoms with E-state index in [-0.39, 0.29) is 28.7 Å². The lowest BCUT2D eigenvalue weighted by molar-refractivity contribution is 0.403. The zero-order chi connectivity index (χ0) is 19.6. The van der Waals surface area contributed by atoms with Gasteiger partial charge in [0, 0.05) is 11.5 Å². The lowest BCUT2D eigenvalue weighted by Crippen LogP contribution is -2.29. The Morgan fingerprint density at radius 2 is 1.73 bits per heavy atom. The molecule has 2 atom stereocenters. The Bertz CT molecular complexity index is 707. The number of phenols is 2. The molecule has 0 saturated carbocycles. The molecule has 7 heteroatoms. The van der Waals surface area contributed by atoms with E-state index in [2.05, 4.69) is 0 Å². The molecule has 0 fully saturated rings. The molecule has 0 spiro atoms. The van der Waals surface area contributed by atoms with Crippen LogP contribution in [0.5, 0.6) is 11.5 Å². The van der Waals surface area contributed by atoms with Crippen molar-refractivity contribution >= 4 is 39.2 Å². The maximum Gasteiger partial charge on any atom is 0.123 e. The average Bonchev–Trinajstić information content (AvgIpc) is 2.47. The van der Waals surface area contributed by atoms with Gasteiger partial charge in [0.25, 0.3) is 0 Å². The van der Waals surface area contributed by atoms with E-state index in [9.17, 15) is 10.2 Å². The number of phenolic OH excluding ortho intramolecular Hbond substituents is 2. The van der Waals surface area contributed by atoms with Crippen LogP contribution in [0.2, 0.25) is 5.11 Å². The van der Waals surface area contributed by atoms with E-state index in [0.29, 0.717) is 17.6 Å². The Hall–Kier alpha value is -1.38. The van der Waals surface area contributed by atoms with Crippen molar-refractivity contribution in [2.24, 2.45) is 5.92 Å². The first kappa shape index (κ1) is 20.9. The smallest absolute Gasteiger partial charge is 0.123 e. The van der Waals surface area contributed by atoms with Crippen molar-refractivity contribution in [2.45, 2.75) is 50.6 Å². The lowest BCUT2D eigenvalue weighted by Gasteiger charge is -2.40. The summed E-state index contributed by atoms with van der Waals surface area (Å²) in [6, 6.07) is 3.37. The number of aromatic hydroxyl groups is 2. The molecule has 0 aromatic heterocycles. The molecular formula is C19H21B5O2. The molecule has 0 aliphatic heterocycles. The van der Waals surface area contributed by atoms with Gasteiger partial charge >= 0.3 is 0 Å². The normalized spacial score (nSPS) is 20.5. The molecule has 1 aliphatic carbocycles. The van der Waals surface area contributed by atoms with Gasteiger partial charge in [0.1, 0.15) is 11.5 Å². The number of hydrogen-bond acceptors (Lipinski definition) is 2. The summed E-state index contributed by atoms with van der Waals surface area (Å²) in [4.78, 5) is 0. The summed E-state index contributed by atoms with van der Waals surface area (Å²) in [5.74, 6) is -0.647. The third-order valence-electron chi connectivity index (χ3n) is 4.96. The zero-order valence-electron chi connectivity index (χ0n) is 15.5. The predicted molar refractivity (Wildman–Crippen MR) is 111 cm³/mol. The molecule has 124 valence electrons. The van der Waals surface area contributed by atoms with Crippen molar-refractivity contribution < 1.29 is 10.2 Å². The summed E-state index contributed by atoms with van der Waals surface area (Å²) in [5, 5.41) is 19.5. The van der Waals surface area contributed by atoms with Crippen LogP contribution in [0.3, 0.4) is 0 Å². The molecule has 0 amide bonds. The van der Waals surface area contributed by atoms with E-state index in [1.165, 1.54) is 0 Å². The fourth-order valence-corrected chi connectivity index (χ4v) is 3.92. The second-order valence-electron chi connectivity index (χ2n) is 7.28. The minimum atomic E-state index is -1.69. The third kappa shape index (κ3) is 4.47. The summed E-state index contributed by atoms with van der Waals surface area (Å²) in [7, 11) is 29.4. The van der Waals surface area contributed by atoms with Crippen LogP contribution in [-0.4, -0.2) is 49.4 Å². The molecule has 26 heavy (non-hydrogen) atoms. The second kappa shape index (κ2) is 8.11. The van der Waals surface area contributed by atoms with Crippen LogP contribution in [0.15, 0.2) is 34.7 Å². The monoisotopic (exact) mass is 336 g/mol. The molecule has 10 radical (unpaired) electrons. The van der Waals surface area contributed by atoms with E-state index in [4.69, 9.17) is 39.2 Å². The Morgan fingerprint density at radius 3 is 2.19 bits per heavy atom. The summed E-state index contributed by atoms with van der Waals surface area (Å²) in [5.41, 5.74) is 2.76. The highest BCUT2D eigenvalue weighted by atomic mass is 16.3. The largest absolute Gasteiger partial charge is 0.507 e. The van der Waals surface area contributed by atoms with Gasteiger partial charge in [-0.25, -0.2) is 0 Å². The molecule has 2 N–H and O–H groups in total. The molecule has 2 rings (SSSR count). The quantitative estimate of drug-likeness (QED) is 0.641. The van der Waals surface area contributed by atoms with E-state index < -0.39 is 5.11 Å². The summed E-state index contributed by atoms with van der Waals surface area (Å²) < 4.78 is 0. The molecule has 2 nitrogen and oxygen atoms in total. The SMILES string of the molecule is [B]C([B])=C(C1CCC(C)=CC1c1c(O)cc(CCC)cc1O)C([B])([B])[B]. The van der Waals surface area contributed by atoms with E-state index >= 15 is 0 Å². The van der Waals surface area contributed by atoms with Crippen molar-refractivity contribution in [2.75, 3.05) is 0 Å².